The highest BCUT2D eigenvalue weighted by Gasteiger charge is 2.10. The monoisotopic (exact) mass is 276 g/mol. The van der Waals surface area contributed by atoms with Gasteiger partial charge in [-0.05, 0) is 36.1 Å². The molecule has 2 heteroatoms. The van der Waals surface area contributed by atoms with E-state index < -0.39 is 0 Å². The second kappa shape index (κ2) is 5.58. The molecule has 2 nitrogen and oxygen atoms in total. The highest BCUT2D eigenvalue weighted by molar-refractivity contribution is 5.98. The summed E-state index contributed by atoms with van der Waals surface area (Å²) in [5, 5.41) is 2.47. The standard InChI is InChI=1S/C19H20N2/c1-14-7-10-16(11-8-14)21(2)19-12-9-15(13-20)17-5-3-4-6-18(17)19/h3-12H,13,20H2,1-2H3. The molecule has 0 saturated heterocycles. The summed E-state index contributed by atoms with van der Waals surface area (Å²) in [6.45, 7) is 2.67. The van der Waals surface area contributed by atoms with Crippen LogP contribution in [-0.2, 0) is 6.54 Å². The summed E-state index contributed by atoms with van der Waals surface area (Å²) in [6, 6.07) is 21.3. The molecule has 106 valence electrons. The van der Waals surface area contributed by atoms with Gasteiger partial charge in [0.2, 0.25) is 0 Å². The number of hydrogen-bond donors (Lipinski definition) is 1. The van der Waals surface area contributed by atoms with E-state index in [4.69, 9.17) is 5.73 Å². The second-order valence-corrected chi connectivity index (χ2v) is 5.39. The molecule has 3 aromatic rings. The number of benzene rings is 3. The molecule has 21 heavy (non-hydrogen) atoms. The molecule has 0 aliphatic carbocycles. The van der Waals surface area contributed by atoms with Crippen LogP contribution < -0.4 is 10.6 Å². The van der Waals surface area contributed by atoms with E-state index in [9.17, 15) is 0 Å². The molecular formula is C19H20N2. The van der Waals surface area contributed by atoms with Gasteiger partial charge in [0, 0.05) is 30.4 Å². The highest BCUT2D eigenvalue weighted by Crippen LogP contribution is 2.32. The van der Waals surface area contributed by atoms with E-state index in [1.807, 2.05) is 0 Å². The van der Waals surface area contributed by atoms with Gasteiger partial charge in [0.1, 0.15) is 0 Å². The molecule has 0 fully saturated rings. The minimum atomic E-state index is 0.565. The first-order valence-electron chi connectivity index (χ1n) is 7.22. The van der Waals surface area contributed by atoms with Gasteiger partial charge in [0.15, 0.2) is 0 Å². The maximum atomic E-state index is 5.86. The van der Waals surface area contributed by atoms with Crippen molar-refractivity contribution in [2.75, 3.05) is 11.9 Å². The molecular weight excluding hydrogens is 256 g/mol. The SMILES string of the molecule is Cc1ccc(N(C)c2ccc(CN)c3ccccc23)cc1. The molecule has 0 aliphatic rings. The van der Waals surface area contributed by atoms with Gasteiger partial charge < -0.3 is 10.6 Å². The molecule has 0 atom stereocenters. The van der Waals surface area contributed by atoms with Crippen LogP contribution in [0.15, 0.2) is 60.7 Å². The first-order valence-corrected chi connectivity index (χ1v) is 7.22. The van der Waals surface area contributed by atoms with E-state index in [1.54, 1.807) is 0 Å². The van der Waals surface area contributed by atoms with E-state index in [0.717, 1.165) is 0 Å². The predicted molar refractivity (Wildman–Crippen MR) is 91.1 cm³/mol. The van der Waals surface area contributed by atoms with E-state index in [-0.39, 0.29) is 0 Å². The number of aryl methyl sites for hydroxylation is 1. The first-order chi connectivity index (χ1) is 10.2. The van der Waals surface area contributed by atoms with Gasteiger partial charge in [-0.15, -0.1) is 0 Å². The van der Waals surface area contributed by atoms with E-state index >= 15 is 0 Å². The van der Waals surface area contributed by atoms with Gasteiger partial charge in [0.25, 0.3) is 0 Å². The Morgan fingerprint density at radius 2 is 1.52 bits per heavy atom. The second-order valence-electron chi connectivity index (χ2n) is 5.39. The minimum Gasteiger partial charge on any atom is -0.344 e. The largest absolute Gasteiger partial charge is 0.344 e. The molecule has 0 radical (unpaired) electrons. The van der Waals surface area contributed by atoms with E-state index in [1.165, 1.54) is 33.3 Å². The van der Waals surface area contributed by atoms with Crippen molar-refractivity contribution in [3.05, 3.63) is 71.8 Å². The molecule has 3 aromatic carbocycles. The lowest BCUT2D eigenvalue weighted by atomic mass is 10.0. The summed E-state index contributed by atoms with van der Waals surface area (Å²) >= 11 is 0. The third-order valence-corrected chi connectivity index (χ3v) is 3.99. The molecule has 0 heterocycles. The lowest BCUT2D eigenvalue weighted by Gasteiger charge is -2.22. The fraction of sp³-hybridized carbons (Fsp3) is 0.158. The summed E-state index contributed by atoms with van der Waals surface area (Å²) in [5.74, 6) is 0. The lowest BCUT2D eigenvalue weighted by molar-refractivity contribution is 1.08. The van der Waals surface area contributed by atoms with Gasteiger partial charge in [-0.1, -0.05) is 48.0 Å². The third kappa shape index (κ3) is 2.50. The van der Waals surface area contributed by atoms with Crippen LogP contribution in [0.5, 0.6) is 0 Å². The quantitative estimate of drug-likeness (QED) is 0.769. The number of hydrogen-bond acceptors (Lipinski definition) is 2. The fourth-order valence-corrected chi connectivity index (χ4v) is 2.72. The Morgan fingerprint density at radius 1 is 0.857 bits per heavy atom. The van der Waals surface area contributed by atoms with E-state index in [0.29, 0.717) is 6.54 Å². The molecule has 0 bridgehead atoms. The average molecular weight is 276 g/mol. The molecule has 0 aliphatic heterocycles. The predicted octanol–water partition coefficient (Wildman–Crippen LogP) is 4.37. The van der Waals surface area contributed by atoms with Gasteiger partial charge in [-0.2, -0.15) is 0 Å². The molecule has 0 spiro atoms. The Bertz CT molecular complexity index is 760. The van der Waals surface area contributed by atoms with Gasteiger partial charge in [0.05, 0.1) is 0 Å². The van der Waals surface area contributed by atoms with Gasteiger partial charge in [-0.3, -0.25) is 0 Å². The van der Waals surface area contributed by atoms with Crippen molar-refractivity contribution in [3.63, 3.8) is 0 Å². The summed E-state index contributed by atoms with van der Waals surface area (Å²) in [6.07, 6.45) is 0. The lowest BCUT2D eigenvalue weighted by Crippen LogP contribution is -2.10. The van der Waals surface area contributed by atoms with Gasteiger partial charge in [-0.25, -0.2) is 0 Å². The summed E-state index contributed by atoms with van der Waals surface area (Å²) in [4.78, 5) is 2.22. The van der Waals surface area contributed by atoms with Crippen LogP contribution in [0.1, 0.15) is 11.1 Å². The average Bonchev–Trinajstić information content (AvgIpc) is 2.54. The Hall–Kier alpha value is -2.32. The fourth-order valence-electron chi connectivity index (χ4n) is 2.72. The maximum Gasteiger partial charge on any atom is 0.0487 e. The maximum absolute atomic E-state index is 5.86. The van der Waals surface area contributed by atoms with Crippen molar-refractivity contribution in [1.82, 2.24) is 0 Å². The summed E-state index contributed by atoms with van der Waals surface area (Å²) in [5.41, 5.74) is 10.7. The van der Waals surface area contributed by atoms with Crippen LogP contribution >= 0.6 is 0 Å². The smallest absolute Gasteiger partial charge is 0.0487 e. The minimum absolute atomic E-state index is 0.565. The van der Waals surface area contributed by atoms with Crippen LogP contribution in [-0.4, -0.2) is 7.05 Å². The highest BCUT2D eigenvalue weighted by atomic mass is 15.1. The molecule has 3 rings (SSSR count). The van der Waals surface area contributed by atoms with Crippen LogP contribution in [0.3, 0.4) is 0 Å². The summed E-state index contributed by atoms with van der Waals surface area (Å²) < 4.78 is 0. The van der Waals surface area contributed by atoms with Gasteiger partial charge >= 0.3 is 0 Å². The van der Waals surface area contributed by atoms with Crippen molar-refractivity contribution in [2.24, 2.45) is 5.73 Å². The molecule has 2 N–H and O–H groups in total. The van der Waals surface area contributed by atoms with Crippen molar-refractivity contribution in [3.8, 4) is 0 Å². The zero-order valence-electron chi connectivity index (χ0n) is 12.5. The van der Waals surface area contributed by atoms with E-state index in [2.05, 4.69) is 79.5 Å². The Balaban J connectivity index is 2.14. The normalized spacial score (nSPS) is 10.8. The number of rotatable bonds is 3. The number of anilines is 2. The van der Waals surface area contributed by atoms with Crippen molar-refractivity contribution >= 4 is 22.1 Å². The molecule has 0 unspecified atom stereocenters. The van der Waals surface area contributed by atoms with Crippen LogP contribution in [0.2, 0.25) is 0 Å². The molecule has 0 saturated carbocycles. The topological polar surface area (TPSA) is 29.3 Å². The summed E-state index contributed by atoms with van der Waals surface area (Å²) in [7, 11) is 2.11. The van der Waals surface area contributed by atoms with Crippen molar-refractivity contribution in [1.29, 1.82) is 0 Å². The first kappa shape index (κ1) is 13.7. The molecule has 0 aromatic heterocycles. The third-order valence-electron chi connectivity index (χ3n) is 3.99. The van der Waals surface area contributed by atoms with Crippen LogP contribution in [0.4, 0.5) is 11.4 Å². The van der Waals surface area contributed by atoms with Crippen molar-refractivity contribution in [2.45, 2.75) is 13.5 Å². The number of fused-ring (bicyclic) bond motifs is 1. The van der Waals surface area contributed by atoms with Crippen molar-refractivity contribution < 1.29 is 0 Å². The molecule has 0 amide bonds. The van der Waals surface area contributed by atoms with Crippen LogP contribution in [0, 0.1) is 6.92 Å². The zero-order chi connectivity index (χ0) is 14.8. The zero-order valence-corrected chi connectivity index (χ0v) is 12.5. The number of nitrogens with two attached hydrogens (primary N) is 1. The van der Waals surface area contributed by atoms with Crippen LogP contribution in [0.25, 0.3) is 10.8 Å². The Kier molecular flexibility index (Phi) is 3.63. The Morgan fingerprint density at radius 3 is 2.19 bits per heavy atom. The Labute approximate surface area is 125 Å². The number of nitrogens with zero attached hydrogens (tertiary/aromatic N) is 1.